The minimum atomic E-state index is -0.181. The number of hydrogen-bond acceptors (Lipinski definition) is 5. The minimum Gasteiger partial charge on any atom is -0.394 e. The molecular formula is C13H17N3O2. The highest BCUT2D eigenvalue weighted by Gasteiger charge is 2.21. The third-order valence-electron chi connectivity index (χ3n) is 3.10. The Kier molecular flexibility index (Phi) is 4.15. The van der Waals surface area contributed by atoms with Gasteiger partial charge in [-0.3, -0.25) is 0 Å². The van der Waals surface area contributed by atoms with Crippen LogP contribution < -0.4 is 10.6 Å². The third-order valence-corrected chi connectivity index (χ3v) is 3.10. The van der Waals surface area contributed by atoms with Gasteiger partial charge in [0.25, 0.3) is 0 Å². The fourth-order valence-corrected chi connectivity index (χ4v) is 2.12. The average Bonchev–Trinajstić information content (AvgIpc) is 2.46. The first-order valence-electron chi connectivity index (χ1n) is 5.99. The van der Waals surface area contributed by atoms with E-state index < -0.39 is 0 Å². The van der Waals surface area contributed by atoms with Crippen LogP contribution in [0.25, 0.3) is 0 Å². The maximum atomic E-state index is 9.19. The lowest BCUT2D eigenvalue weighted by Gasteiger charge is -2.34. The van der Waals surface area contributed by atoms with Gasteiger partial charge < -0.3 is 20.5 Å². The number of anilines is 1. The molecule has 1 heterocycles. The van der Waals surface area contributed by atoms with E-state index in [-0.39, 0.29) is 12.7 Å². The topological polar surface area (TPSA) is 82.5 Å². The molecule has 5 heteroatoms. The van der Waals surface area contributed by atoms with Crippen LogP contribution in [0.4, 0.5) is 5.69 Å². The lowest BCUT2D eigenvalue weighted by Crippen LogP contribution is -2.44. The second-order valence-electron chi connectivity index (χ2n) is 4.29. The van der Waals surface area contributed by atoms with Gasteiger partial charge in [-0.2, -0.15) is 5.26 Å². The van der Waals surface area contributed by atoms with Gasteiger partial charge in [0.2, 0.25) is 0 Å². The van der Waals surface area contributed by atoms with E-state index in [2.05, 4.69) is 11.0 Å². The summed E-state index contributed by atoms with van der Waals surface area (Å²) in [6.45, 7) is 2.33. The molecule has 0 radical (unpaired) electrons. The largest absolute Gasteiger partial charge is 0.394 e. The molecule has 1 saturated heterocycles. The predicted octanol–water partition coefficient (Wildman–Crippen LogP) is 0.214. The van der Waals surface area contributed by atoms with Gasteiger partial charge in [0.1, 0.15) is 6.07 Å². The van der Waals surface area contributed by atoms with Crippen LogP contribution >= 0.6 is 0 Å². The van der Waals surface area contributed by atoms with Crippen LogP contribution in [0.3, 0.4) is 0 Å². The van der Waals surface area contributed by atoms with Gasteiger partial charge >= 0.3 is 0 Å². The maximum absolute atomic E-state index is 9.19. The predicted molar refractivity (Wildman–Crippen MR) is 68.1 cm³/mol. The molecule has 0 amide bonds. The van der Waals surface area contributed by atoms with Gasteiger partial charge in [-0.05, 0) is 17.7 Å². The van der Waals surface area contributed by atoms with Gasteiger partial charge in [0.05, 0.1) is 30.6 Å². The SMILES string of the molecule is N#Cc1cc(CN)ccc1N1CCOC(CO)C1. The number of nitrogens with zero attached hydrogens (tertiary/aromatic N) is 2. The summed E-state index contributed by atoms with van der Waals surface area (Å²) in [5.74, 6) is 0. The van der Waals surface area contributed by atoms with E-state index in [1.807, 2.05) is 18.2 Å². The number of hydrogen-bond donors (Lipinski definition) is 2. The van der Waals surface area contributed by atoms with Crippen molar-refractivity contribution in [1.29, 1.82) is 5.26 Å². The molecule has 96 valence electrons. The van der Waals surface area contributed by atoms with Gasteiger partial charge in [-0.15, -0.1) is 0 Å². The van der Waals surface area contributed by atoms with Crippen molar-refractivity contribution in [3.8, 4) is 6.07 Å². The summed E-state index contributed by atoms with van der Waals surface area (Å²) in [6.07, 6.45) is -0.181. The zero-order valence-corrected chi connectivity index (χ0v) is 10.2. The van der Waals surface area contributed by atoms with Crippen LogP contribution in [0.2, 0.25) is 0 Å². The average molecular weight is 247 g/mol. The van der Waals surface area contributed by atoms with Crippen molar-refractivity contribution in [3.05, 3.63) is 29.3 Å². The first-order valence-corrected chi connectivity index (χ1v) is 5.99. The third kappa shape index (κ3) is 2.62. The first-order chi connectivity index (χ1) is 8.78. The van der Waals surface area contributed by atoms with Crippen molar-refractivity contribution in [2.75, 3.05) is 31.2 Å². The Labute approximate surface area is 106 Å². The molecule has 1 atom stereocenters. The lowest BCUT2D eigenvalue weighted by molar-refractivity contribution is 0.00355. The van der Waals surface area contributed by atoms with Crippen molar-refractivity contribution in [2.45, 2.75) is 12.6 Å². The molecule has 1 aliphatic rings. The highest BCUT2D eigenvalue weighted by molar-refractivity contribution is 5.60. The van der Waals surface area contributed by atoms with E-state index in [1.54, 1.807) is 0 Å². The second kappa shape index (κ2) is 5.83. The Hall–Kier alpha value is -1.61. The Morgan fingerprint density at radius 3 is 3.06 bits per heavy atom. The van der Waals surface area contributed by atoms with E-state index in [0.717, 1.165) is 17.8 Å². The molecule has 2 rings (SSSR count). The first kappa shape index (κ1) is 12.8. The van der Waals surface area contributed by atoms with Crippen LogP contribution in [0, 0.1) is 11.3 Å². The number of aliphatic hydroxyl groups is 1. The maximum Gasteiger partial charge on any atom is 0.101 e. The number of aliphatic hydroxyl groups excluding tert-OH is 1. The standard InChI is InChI=1S/C13H17N3O2/c14-6-10-1-2-13(11(5-10)7-15)16-3-4-18-12(8-16)9-17/h1-2,5,12,17H,3-4,6,8-9,14H2. The molecule has 0 bridgehead atoms. The van der Waals surface area contributed by atoms with E-state index in [1.165, 1.54) is 0 Å². The molecule has 1 aliphatic heterocycles. The van der Waals surface area contributed by atoms with Crippen LogP contribution in [-0.4, -0.2) is 37.5 Å². The minimum absolute atomic E-state index is 0.000724. The summed E-state index contributed by atoms with van der Waals surface area (Å²) >= 11 is 0. The molecule has 3 N–H and O–H groups in total. The monoisotopic (exact) mass is 247 g/mol. The Morgan fingerprint density at radius 2 is 2.39 bits per heavy atom. The van der Waals surface area contributed by atoms with E-state index >= 15 is 0 Å². The van der Waals surface area contributed by atoms with Crippen LogP contribution in [0.1, 0.15) is 11.1 Å². The Balaban J connectivity index is 2.24. The number of nitriles is 1. The van der Waals surface area contributed by atoms with Crippen LogP contribution in [0.5, 0.6) is 0 Å². The van der Waals surface area contributed by atoms with E-state index in [4.69, 9.17) is 15.6 Å². The van der Waals surface area contributed by atoms with Crippen molar-refractivity contribution in [1.82, 2.24) is 0 Å². The van der Waals surface area contributed by atoms with Gasteiger partial charge in [-0.25, -0.2) is 0 Å². The number of nitrogens with two attached hydrogens (primary N) is 1. The van der Waals surface area contributed by atoms with Crippen molar-refractivity contribution in [3.63, 3.8) is 0 Å². The number of benzene rings is 1. The summed E-state index contributed by atoms with van der Waals surface area (Å²) in [7, 11) is 0. The number of rotatable bonds is 3. The molecule has 18 heavy (non-hydrogen) atoms. The molecule has 5 nitrogen and oxygen atoms in total. The van der Waals surface area contributed by atoms with Crippen LogP contribution in [0.15, 0.2) is 18.2 Å². The molecule has 1 unspecified atom stereocenters. The second-order valence-corrected chi connectivity index (χ2v) is 4.29. The van der Waals surface area contributed by atoms with Gasteiger partial charge in [0, 0.05) is 19.6 Å². The van der Waals surface area contributed by atoms with E-state index in [9.17, 15) is 5.26 Å². The summed E-state index contributed by atoms with van der Waals surface area (Å²) in [4.78, 5) is 2.07. The van der Waals surface area contributed by atoms with Crippen molar-refractivity contribution >= 4 is 5.69 Å². The van der Waals surface area contributed by atoms with Gasteiger partial charge in [-0.1, -0.05) is 6.07 Å². The molecule has 0 aliphatic carbocycles. The zero-order valence-electron chi connectivity index (χ0n) is 10.2. The highest BCUT2D eigenvalue weighted by Crippen LogP contribution is 2.23. The highest BCUT2D eigenvalue weighted by atomic mass is 16.5. The Bertz CT molecular complexity index is 456. The normalized spacial score (nSPS) is 19.6. The summed E-state index contributed by atoms with van der Waals surface area (Å²) < 4.78 is 5.40. The summed E-state index contributed by atoms with van der Waals surface area (Å²) in [6, 6.07) is 7.87. The number of ether oxygens (including phenoxy) is 1. The van der Waals surface area contributed by atoms with Crippen molar-refractivity contribution in [2.24, 2.45) is 5.73 Å². The molecule has 0 spiro atoms. The van der Waals surface area contributed by atoms with Gasteiger partial charge in [0.15, 0.2) is 0 Å². The molecule has 1 fully saturated rings. The van der Waals surface area contributed by atoms with E-state index in [0.29, 0.717) is 25.3 Å². The van der Waals surface area contributed by atoms with Crippen molar-refractivity contribution < 1.29 is 9.84 Å². The summed E-state index contributed by atoms with van der Waals surface area (Å²) in [5.41, 5.74) is 8.02. The smallest absolute Gasteiger partial charge is 0.101 e. The fourth-order valence-electron chi connectivity index (χ4n) is 2.12. The quantitative estimate of drug-likeness (QED) is 0.798. The summed E-state index contributed by atoms with van der Waals surface area (Å²) in [5, 5.41) is 18.3. The fraction of sp³-hybridized carbons (Fsp3) is 0.462. The lowest BCUT2D eigenvalue weighted by atomic mass is 10.1. The zero-order chi connectivity index (χ0) is 13.0. The molecule has 0 aromatic heterocycles. The number of morpholine rings is 1. The molecule has 0 saturated carbocycles. The molecule has 1 aromatic carbocycles. The molecule has 1 aromatic rings. The Morgan fingerprint density at radius 1 is 1.56 bits per heavy atom. The van der Waals surface area contributed by atoms with Crippen LogP contribution in [-0.2, 0) is 11.3 Å². The molecular weight excluding hydrogens is 230 g/mol.